The van der Waals surface area contributed by atoms with Crippen LogP contribution in [-0.2, 0) is 28.4 Å². The van der Waals surface area contributed by atoms with Gasteiger partial charge in [0.2, 0.25) is 5.95 Å². The molecule has 17 heteroatoms. The highest BCUT2D eigenvalue weighted by atomic mass is 31.2. The predicted molar refractivity (Wildman–Crippen MR) is 152 cm³/mol. The van der Waals surface area contributed by atoms with Crippen molar-refractivity contribution in [1.29, 1.82) is 0 Å². The lowest BCUT2D eigenvalue weighted by atomic mass is 10.1. The number of aliphatic hydroxyl groups is 1. The number of nitrogens with two attached hydrogens (primary N) is 1. The molecule has 5 N–H and O–H groups in total. The number of carbonyl (C=O) groups excluding carboxylic acids is 2. The number of aromatic amines is 1. The van der Waals surface area contributed by atoms with Gasteiger partial charge in [-0.05, 0) is 33.1 Å². The van der Waals surface area contributed by atoms with Crippen molar-refractivity contribution in [3.05, 3.63) is 16.7 Å². The maximum atomic E-state index is 15.3. The summed E-state index contributed by atoms with van der Waals surface area (Å²) in [7, 11) is -3.93. The fraction of sp³-hybridized carbons (Fsp3) is 0.680. The summed E-state index contributed by atoms with van der Waals surface area (Å²) >= 11 is 0. The quantitative estimate of drug-likeness (QED) is 0.0980. The van der Waals surface area contributed by atoms with Crippen LogP contribution in [0.5, 0.6) is 0 Å². The summed E-state index contributed by atoms with van der Waals surface area (Å²) in [6.45, 7) is 6.99. The molecule has 2 aromatic rings. The highest BCUT2D eigenvalue weighted by molar-refractivity contribution is 7.60. The number of hydrogen-bond acceptors (Lipinski definition) is 11. The number of nitrogen functional groups attached to an aromatic ring is 1. The van der Waals surface area contributed by atoms with E-state index >= 15 is 4.39 Å². The van der Waals surface area contributed by atoms with Crippen LogP contribution in [0.4, 0.5) is 10.3 Å². The van der Waals surface area contributed by atoms with E-state index in [0.717, 1.165) is 12.8 Å². The second kappa shape index (κ2) is 14.8. The van der Waals surface area contributed by atoms with Crippen LogP contribution in [0.15, 0.2) is 15.9 Å². The lowest BCUT2D eigenvalue weighted by Gasteiger charge is -2.22. The monoisotopic (exact) mass is 615 g/mol. The van der Waals surface area contributed by atoms with Crippen LogP contribution >= 0.6 is 7.44 Å². The fourth-order valence-corrected chi connectivity index (χ4v) is 6.41. The molecule has 3 rings (SSSR count). The van der Waals surface area contributed by atoms with E-state index in [1.165, 1.54) is 24.7 Å². The van der Waals surface area contributed by atoms with Crippen molar-refractivity contribution in [2.24, 2.45) is 4.76 Å². The number of carbonyl (C=O) groups is 2. The topological polar surface area (TPSA) is 213 Å². The van der Waals surface area contributed by atoms with Crippen molar-refractivity contribution >= 4 is 42.2 Å². The van der Waals surface area contributed by atoms with Crippen LogP contribution in [0.1, 0.15) is 66.0 Å². The summed E-state index contributed by atoms with van der Waals surface area (Å²) in [6, 6.07) is -1.06. The second-order valence-corrected chi connectivity index (χ2v) is 12.3. The summed E-state index contributed by atoms with van der Waals surface area (Å²) < 4.78 is 50.7. The largest absolute Gasteiger partial charge is 0.465 e. The normalized spacial score (nSPS) is 23.0. The molecule has 0 aromatic carbocycles. The number of H-pyrrole nitrogens is 1. The first kappa shape index (κ1) is 33.3. The first-order valence-electron chi connectivity index (χ1n) is 13.9. The smallest absolute Gasteiger partial charge is 0.352 e. The number of nitrogens with zero attached hydrogens (tertiary/aromatic N) is 4. The Hall–Kier alpha value is -3.20. The van der Waals surface area contributed by atoms with Crippen LogP contribution in [0.3, 0.4) is 0 Å². The summed E-state index contributed by atoms with van der Waals surface area (Å²) in [5, 5.41) is 13.3. The number of ether oxygens (including phenoxy) is 3. The van der Waals surface area contributed by atoms with Crippen LogP contribution in [0.2, 0.25) is 0 Å². The molecule has 0 amide bonds. The van der Waals surface area contributed by atoms with Gasteiger partial charge >= 0.3 is 11.9 Å². The van der Waals surface area contributed by atoms with Crippen LogP contribution in [0.25, 0.3) is 11.2 Å². The number of fused-ring (bicyclic) bond motifs is 1. The first-order chi connectivity index (χ1) is 19.9. The van der Waals surface area contributed by atoms with Crippen molar-refractivity contribution in [1.82, 2.24) is 24.6 Å². The fourth-order valence-electron chi connectivity index (χ4n) is 4.24. The molecule has 15 nitrogen and oxygen atoms in total. The van der Waals surface area contributed by atoms with Gasteiger partial charge in [0.05, 0.1) is 25.6 Å². The number of aliphatic hydroxyl groups excluding tert-OH is 1. The molecule has 42 heavy (non-hydrogen) atoms. The van der Waals surface area contributed by atoms with Crippen molar-refractivity contribution in [2.45, 2.75) is 90.4 Å². The van der Waals surface area contributed by atoms with E-state index in [4.69, 9.17) is 19.9 Å². The van der Waals surface area contributed by atoms with Gasteiger partial charge in [0, 0.05) is 6.16 Å². The number of alkyl halides is 1. The molecule has 0 saturated carbocycles. The van der Waals surface area contributed by atoms with Crippen LogP contribution in [0, 0.1) is 0 Å². The molecule has 1 unspecified atom stereocenters. The van der Waals surface area contributed by atoms with E-state index in [1.807, 2.05) is 13.8 Å². The maximum absolute atomic E-state index is 15.3. The number of unbranched alkanes of at least 4 members (excludes halogenated alkanes) is 2. The summed E-state index contributed by atoms with van der Waals surface area (Å²) in [4.78, 5) is 47.3. The Kier molecular flexibility index (Phi) is 11.7. The zero-order valence-corrected chi connectivity index (χ0v) is 25.0. The van der Waals surface area contributed by atoms with Gasteiger partial charge in [-0.2, -0.15) is 4.98 Å². The standard InChI is InChI=1S/C25H39FN7O8P/c1-5-7-10-39-23(36)14(3)31-42(38,32-15(4)24(37)40-11-8-6-2)12-9-16-17(26)19(34)22(41-16)33-13-28-18-20(33)29-25(27)30-21(18)35/h13-14,16-17,19,22,34H,5-12H2,1-4H3,(H,31,38)(H3,27,29,30,35)/t14-,16+,17+,19+,22+,42?/m0/s1. The van der Waals surface area contributed by atoms with E-state index in [2.05, 4.69) is 24.8 Å². The Morgan fingerprint density at radius 2 is 1.98 bits per heavy atom. The molecule has 2 aromatic heterocycles. The van der Waals surface area contributed by atoms with Gasteiger partial charge < -0.3 is 25.1 Å². The van der Waals surface area contributed by atoms with Gasteiger partial charge in [-0.3, -0.25) is 23.7 Å². The van der Waals surface area contributed by atoms with E-state index in [0.29, 0.717) is 12.8 Å². The van der Waals surface area contributed by atoms with Gasteiger partial charge in [0.25, 0.3) is 13.0 Å². The van der Waals surface area contributed by atoms with Gasteiger partial charge in [-0.1, -0.05) is 26.7 Å². The molecule has 0 spiro atoms. The Morgan fingerprint density at radius 3 is 2.64 bits per heavy atom. The first-order valence-corrected chi connectivity index (χ1v) is 15.7. The van der Waals surface area contributed by atoms with Gasteiger partial charge in [-0.15, -0.1) is 0 Å². The highest BCUT2D eigenvalue weighted by Gasteiger charge is 2.46. The molecule has 3 heterocycles. The van der Waals surface area contributed by atoms with Crippen molar-refractivity contribution in [2.75, 3.05) is 25.1 Å². The Labute approximate surface area is 241 Å². The third kappa shape index (κ3) is 8.21. The number of aromatic nitrogens is 4. The third-order valence-electron chi connectivity index (χ3n) is 6.56. The molecule has 0 radical (unpaired) electrons. The lowest BCUT2D eigenvalue weighted by molar-refractivity contribution is -0.145. The highest BCUT2D eigenvalue weighted by Crippen LogP contribution is 2.46. The van der Waals surface area contributed by atoms with E-state index in [-0.39, 0.29) is 48.6 Å². The number of halogens is 1. The number of imidazole rings is 1. The summed E-state index contributed by atoms with van der Waals surface area (Å²) in [5.74, 6) is -1.63. The Balaban J connectivity index is 1.79. The van der Waals surface area contributed by atoms with E-state index in [1.54, 1.807) is 0 Å². The average Bonchev–Trinajstić information content (AvgIpc) is 3.48. The van der Waals surface area contributed by atoms with Gasteiger partial charge in [0.1, 0.15) is 17.9 Å². The second-order valence-electron chi connectivity index (χ2n) is 10.0. The molecule has 234 valence electrons. The summed E-state index contributed by atoms with van der Waals surface area (Å²) in [5.41, 5.74) is 4.72. The van der Waals surface area contributed by atoms with Crippen LogP contribution < -0.4 is 16.4 Å². The molecule has 1 saturated heterocycles. The Morgan fingerprint density at radius 1 is 1.31 bits per heavy atom. The van der Waals surface area contributed by atoms with E-state index < -0.39 is 55.6 Å². The van der Waals surface area contributed by atoms with Crippen molar-refractivity contribution in [3.8, 4) is 0 Å². The van der Waals surface area contributed by atoms with Gasteiger partial charge in [-0.25, -0.2) is 24.0 Å². The molecular formula is C25H39FN7O8P. The number of anilines is 1. The molecule has 1 fully saturated rings. The van der Waals surface area contributed by atoms with Crippen LogP contribution in [-0.4, -0.2) is 86.1 Å². The number of rotatable bonds is 15. The summed E-state index contributed by atoms with van der Waals surface area (Å²) in [6.07, 6.45) is -2.68. The molecule has 0 bridgehead atoms. The third-order valence-corrected chi connectivity index (χ3v) is 8.84. The average molecular weight is 616 g/mol. The minimum atomic E-state index is -3.93. The predicted octanol–water partition coefficient (Wildman–Crippen LogP) is 2.01. The molecule has 1 aliphatic rings. The zero-order chi connectivity index (χ0) is 31.0. The molecule has 1 aliphatic heterocycles. The molecule has 0 aliphatic carbocycles. The molecule has 6 atom stereocenters. The SMILES string of the molecule is CCCCOC(=O)C(C)=NP(=O)(CC[C@H]1O[C@@H](n2cnc3c(=O)[nH]c(N)nc32)[C@H](O)[C@@H]1F)N[C@@H](C)C(=O)OCCCC. The number of nitrogens with one attached hydrogen (secondary N) is 2. The van der Waals surface area contributed by atoms with E-state index in [9.17, 15) is 24.1 Å². The molecular weight excluding hydrogens is 576 g/mol. The lowest BCUT2D eigenvalue weighted by Crippen LogP contribution is -2.35. The van der Waals surface area contributed by atoms with Gasteiger partial charge in [0.15, 0.2) is 23.6 Å². The Bertz CT molecular complexity index is 1380. The zero-order valence-electron chi connectivity index (χ0n) is 24.1. The number of hydrogen-bond donors (Lipinski definition) is 4. The van der Waals surface area contributed by atoms with Crippen molar-refractivity contribution < 1.29 is 37.9 Å². The van der Waals surface area contributed by atoms with Crippen molar-refractivity contribution in [3.63, 3.8) is 0 Å². The number of esters is 2. The minimum absolute atomic E-state index is 0.0160. The maximum Gasteiger partial charge on any atom is 0.352 e. The minimum Gasteiger partial charge on any atom is -0.465 e.